The maximum absolute atomic E-state index is 12.8. The van der Waals surface area contributed by atoms with Crippen molar-refractivity contribution in [2.75, 3.05) is 13.2 Å². The molecule has 25 heavy (non-hydrogen) atoms. The van der Waals surface area contributed by atoms with Gasteiger partial charge in [0.05, 0.1) is 25.4 Å². The van der Waals surface area contributed by atoms with Gasteiger partial charge in [-0.25, -0.2) is 9.97 Å². The minimum absolute atomic E-state index is 0.00814. The SMILES string of the molecule is O=C(c1ccncn1)N1CCO[C@H]2[C@H](OCc3cccnc3)CC[C@@H]21. The monoisotopic (exact) mass is 340 g/mol. The first-order valence-electron chi connectivity index (χ1n) is 8.52. The van der Waals surface area contributed by atoms with Crippen LogP contribution in [-0.4, -0.2) is 57.2 Å². The molecule has 1 aliphatic carbocycles. The topological polar surface area (TPSA) is 77.4 Å². The maximum Gasteiger partial charge on any atom is 0.272 e. The Morgan fingerprint density at radius 2 is 2.24 bits per heavy atom. The van der Waals surface area contributed by atoms with E-state index in [9.17, 15) is 4.79 Å². The standard InChI is InChI=1S/C18H20N4O3/c23-18(14-5-7-20-12-21-14)22-8-9-24-17-15(22)3-4-16(17)25-11-13-2-1-6-19-10-13/h1-2,5-7,10,12,15-17H,3-4,8-9,11H2/t15-,16+,17+/m0/s1. The Bertz CT molecular complexity index is 713. The lowest BCUT2D eigenvalue weighted by Gasteiger charge is -2.38. The van der Waals surface area contributed by atoms with Crippen molar-refractivity contribution >= 4 is 5.91 Å². The molecule has 1 amide bonds. The molecule has 1 saturated heterocycles. The first kappa shape index (κ1) is 16.1. The predicted molar refractivity (Wildman–Crippen MR) is 88.6 cm³/mol. The number of carbonyl (C=O) groups is 1. The molecule has 0 bridgehead atoms. The molecule has 0 spiro atoms. The molecule has 3 atom stereocenters. The molecule has 2 aromatic rings. The zero-order chi connectivity index (χ0) is 17.1. The first-order valence-corrected chi connectivity index (χ1v) is 8.52. The van der Waals surface area contributed by atoms with Gasteiger partial charge >= 0.3 is 0 Å². The second kappa shape index (κ2) is 7.25. The zero-order valence-corrected chi connectivity index (χ0v) is 13.8. The summed E-state index contributed by atoms with van der Waals surface area (Å²) in [6.45, 7) is 1.61. The van der Waals surface area contributed by atoms with Gasteiger partial charge in [-0.3, -0.25) is 9.78 Å². The summed E-state index contributed by atoms with van der Waals surface area (Å²) in [5, 5.41) is 0. The summed E-state index contributed by atoms with van der Waals surface area (Å²) in [5.74, 6) is -0.0615. The van der Waals surface area contributed by atoms with Crippen molar-refractivity contribution in [3.63, 3.8) is 0 Å². The van der Waals surface area contributed by atoms with Crippen LogP contribution in [0.4, 0.5) is 0 Å². The number of ether oxygens (including phenoxy) is 2. The summed E-state index contributed by atoms with van der Waals surface area (Å²) in [7, 11) is 0. The van der Waals surface area contributed by atoms with Crippen LogP contribution in [0.2, 0.25) is 0 Å². The van der Waals surface area contributed by atoms with E-state index in [-0.39, 0.29) is 24.2 Å². The Morgan fingerprint density at radius 3 is 3.04 bits per heavy atom. The van der Waals surface area contributed by atoms with Crippen LogP contribution in [0.25, 0.3) is 0 Å². The van der Waals surface area contributed by atoms with Crippen LogP contribution in [-0.2, 0) is 16.1 Å². The lowest BCUT2D eigenvalue weighted by Crippen LogP contribution is -2.54. The minimum atomic E-state index is -0.0868. The van der Waals surface area contributed by atoms with Gasteiger partial charge in [-0.05, 0) is 30.5 Å². The molecular weight excluding hydrogens is 320 g/mol. The summed E-state index contributed by atoms with van der Waals surface area (Å²) in [6, 6.07) is 5.58. The molecule has 0 unspecified atom stereocenters. The number of amides is 1. The largest absolute Gasteiger partial charge is 0.372 e. The third-order valence-corrected chi connectivity index (χ3v) is 4.78. The van der Waals surface area contributed by atoms with Crippen molar-refractivity contribution in [2.45, 2.75) is 37.7 Å². The van der Waals surface area contributed by atoms with Crippen LogP contribution < -0.4 is 0 Å². The predicted octanol–water partition coefficient (Wildman–Crippen LogP) is 1.46. The molecule has 0 radical (unpaired) electrons. The van der Waals surface area contributed by atoms with E-state index < -0.39 is 0 Å². The Hall–Kier alpha value is -2.38. The molecule has 7 heteroatoms. The molecule has 0 N–H and O–H groups in total. The summed E-state index contributed by atoms with van der Waals surface area (Å²) in [5.41, 5.74) is 1.46. The van der Waals surface area contributed by atoms with Crippen LogP contribution in [0, 0.1) is 0 Å². The fraction of sp³-hybridized carbons (Fsp3) is 0.444. The molecule has 7 nitrogen and oxygen atoms in total. The lowest BCUT2D eigenvalue weighted by molar-refractivity contribution is -0.108. The summed E-state index contributed by atoms with van der Waals surface area (Å²) in [4.78, 5) is 26.7. The molecule has 4 rings (SSSR count). The van der Waals surface area contributed by atoms with Gasteiger partial charge < -0.3 is 14.4 Å². The third kappa shape index (κ3) is 3.38. The number of fused-ring (bicyclic) bond motifs is 1. The van der Waals surface area contributed by atoms with Crippen molar-refractivity contribution in [1.82, 2.24) is 19.9 Å². The number of morpholine rings is 1. The molecule has 2 fully saturated rings. The number of pyridine rings is 1. The zero-order valence-electron chi connectivity index (χ0n) is 13.8. The average Bonchev–Trinajstić information content (AvgIpc) is 3.10. The molecule has 3 heterocycles. The number of aromatic nitrogens is 3. The van der Waals surface area contributed by atoms with Crippen molar-refractivity contribution < 1.29 is 14.3 Å². The van der Waals surface area contributed by atoms with Crippen LogP contribution in [0.3, 0.4) is 0 Å². The molecule has 130 valence electrons. The van der Waals surface area contributed by atoms with Crippen molar-refractivity contribution in [3.05, 3.63) is 54.4 Å². The molecule has 0 aromatic carbocycles. The highest BCUT2D eigenvalue weighted by Gasteiger charge is 2.45. The van der Waals surface area contributed by atoms with Crippen LogP contribution >= 0.6 is 0 Å². The van der Waals surface area contributed by atoms with E-state index >= 15 is 0 Å². The third-order valence-electron chi connectivity index (χ3n) is 4.78. The first-order chi connectivity index (χ1) is 12.3. The molecular formula is C18H20N4O3. The Kier molecular flexibility index (Phi) is 4.67. The van der Waals surface area contributed by atoms with Crippen LogP contribution in [0.15, 0.2) is 43.1 Å². The highest BCUT2D eigenvalue weighted by Crippen LogP contribution is 2.33. The van der Waals surface area contributed by atoms with Crippen molar-refractivity contribution in [1.29, 1.82) is 0 Å². The van der Waals surface area contributed by atoms with Gasteiger partial charge in [0.25, 0.3) is 5.91 Å². The van der Waals surface area contributed by atoms with E-state index in [0.29, 0.717) is 25.5 Å². The van der Waals surface area contributed by atoms with E-state index in [0.717, 1.165) is 18.4 Å². The highest BCUT2D eigenvalue weighted by atomic mass is 16.5. The minimum Gasteiger partial charge on any atom is -0.372 e. The van der Waals surface area contributed by atoms with Crippen LogP contribution in [0.1, 0.15) is 28.9 Å². The van der Waals surface area contributed by atoms with Gasteiger partial charge in [-0.2, -0.15) is 0 Å². The smallest absolute Gasteiger partial charge is 0.272 e. The molecule has 2 aromatic heterocycles. The Labute approximate surface area is 146 Å². The lowest BCUT2D eigenvalue weighted by atomic mass is 10.1. The number of rotatable bonds is 4. The van der Waals surface area contributed by atoms with Crippen molar-refractivity contribution in [2.24, 2.45) is 0 Å². The normalized spacial score (nSPS) is 25.6. The second-order valence-corrected chi connectivity index (χ2v) is 6.28. The van der Waals surface area contributed by atoms with E-state index in [1.54, 1.807) is 24.7 Å². The van der Waals surface area contributed by atoms with E-state index in [1.807, 2.05) is 17.0 Å². The van der Waals surface area contributed by atoms with E-state index in [2.05, 4.69) is 15.0 Å². The van der Waals surface area contributed by atoms with E-state index in [1.165, 1.54) is 6.33 Å². The summed E-state index contributed by atoms with van der Waals surface area (Å²) in [6.07, 6.45) is 8.20. The quantitative estimate of drug-likeness (QED) is 0.839. The van der Waals surface area contributed by atoms with Gasteiger partial charge in [-0.15, -0.1) is 0 Å². The number of hydrogen-bond acceptors (Lipinski definition) is 6. The summed E-state index contributed by atoms with van der Waals surface area (Å²) < 4.78 is 12.0. The van der Waals surface area contributed by atoms with Gasteiger partial charge in [0.1, 0.15) is 18.1 Å². The maximum atomic E-state index is 12.8. The van der Waals surface area contributed by atoms with E-state index in [4.69, 9.17) is 9.47 Å². The Morgan fingerprint density at radius 1 is 1.28 bits per heavy atom. The molecule has 1 aliphatic heterocycles. The van der Waals surface area contributed by atoms with Gasteiger partial charge in [0.2, 0.25) is 0 Å². The van der Waals surface area contributed by atoms with Gasteiger partial charge in [0, 0.05) is 25.1 Å². The highest BCUT2D eigenvalue weighted by molar-refractivity contribution is 5.92. The second-order valence-electron chi connectivity index (χ2n) is 6.28. The molecule has 1 saturated carbocycles. The average molecular weight is 340 g/mol. The summed E-state index contributed by atoms with van der Waals surface area (Å²) >= 11 is 0. The number of carbonyl (C=O) groups excluding carboxylic acids is 1. The van der Waals surface area contributed by atoms with Gasteiger partial charge in [0.15, 0.2) is 0 Å². The van der Waals surface area contributed by atoms with Gasteiger partial charge in [-0.1, -0.05) is 6.07 Å². The fourth-order valence-electron chi connectivity index (χ4n) is 3.60. The van der Waals surface area contributed by atoms with Crippen LogP contribution in [0.5, 0.6) is 0 Å². The molecule has 2 aliphatic rings. The van der Waals surface area contributed by atoms with Crippen molar-refractivity contribution in [3.8, 4) is 0 Å². The fourth-order valence-corrected chi connectivity index (χ4v) is 3.60. The number of hydrogen-bond donors (Lipinski definition) is 0. The number of nitrogens with zero attached hydrogens (tertiary/aromatic N) is 4. The Balaban J connectivity index is 1.42.